The molecule has 0 aromatic heterocycles. The third kappa shape index (κ3) is 3.33. The van der Waals surface area contributed by atoms with Crippen molar-refractivity contribution in [2.45, 2.75) is 18.9 Å². The van der Waals surface area contributed by atoms with Crippen molar-refractivity contribution < 1.29 is 18.3 Å². The molecule has 1 aliphatic carbocycles. The van der Waals surface area contributed by atoms with Gasteiger partial charge < -0.3 is 15.4 Å². The van der Waals surface area contributed by atoms with Crippen LogP contribution in [0, 0.1) is 23.5 Å². The van der Waals surface area contributed by atoms with E-state index in [2.05, 4.69) is 0 Å². The lowest BCUT2D eigenvalue weighted by Crippen LogP contribution is -2.36. The normalized spacial score (nSPS) is 26.5. The van der Waals surface area contributed by atoms with Crippen LogP contribution in [-0.4, -0.2) is 36.5 Å². The van der Waals surface area contributed by atoms with Crippen LogP contribution < -0.4 is 10.5 Å². The molecule has 1 saturated heterocycles. The first-order chi connectivity index (χ1) is 10.0. The summed E-state index contributed by atoms with van der Waals surface area (Å²) in [5.41, 5.74) is 6.03. The molecule has 1 aromatic carbocycles. The lowest BCUT2D eigenvalue weighted by atomic mass is 9.98. The van der Waals surface area contributed by atoms with E-state index in [1.165, 1.54) is 6.07 Å². The van der Waals surface area contributed by atoms with Crippen molar-refractivity contribution in [3.8, 4) is 5.75 Å². The van der Waals surface area contributed by atoms with Gasteiger partial charge in [-0.1, -0.05) is 0 Å². The van der Waals surface area contributed by atoms with Gasteiger partial charge in [-0.3, -0.25) is 4.79 Å². The standard InChI is InChI=1S/C15H18F2N2O2.ClH/c16-10-2-4-14(12(17)5-10)21-8-15(20)19-6-9-1-3-13(18)11(9)7-19;/h2,4-5,9,11,13H,1,3,6-8,18H2;1H. The Balaban J connectivity index is 0.00000176. The molecule has 2 aliphatic rings. The number of carbonyl (C=O) groups is 1. The van der Waals surface area contributed by atoms with Crippen LogP contribution in [0.15, 0.2) is 18.2 Å². The van der Waals surface area contributed by atoms with Gasteiger partial charge in [0.15, 0.2) is 18.2 Å². The Bertz CT molecular complexity index is 558. The van der Waals surface area contributed by atoms with Gasteiger partial charge in [0.2, 0.25) is 0 Å². The van der Waals surface area contributed by atoms with E-state index >= 15 is 0 Å². The van der Waals surface area contributed by atoms with Crippen LogP contribution in [0.1, 0.15) is 12.8 Å². The molecule has 4 nitrogen and oxygen atoms in total. The summed E-state index contributed by atoms with van der Waals surface area (Å²) >= 11 is 0. The summed E-state index contributed by atoms with van der Waals surface area (Å²) in [7, 11) is 0. The summed E-state index contributed by atoms with van der Waals surface area (Å²) in [6.45, 7) is 1.11. The van der Waals surface area contributed by atoms with E-state index in [1.807, 2.05) is 0 Å². The average molecular weight is 333 g/mol. The van der Waals surface area contributed by atoms with Crippen LogP contribution in [0.4, 0.5) is 8.78 Å². The quantitative estimate of drug-likeness (QED) is 0.920. The maximum atomic E-state index is 13.4. The average Bonchev–Trinajstić information content (AvgIpc) is 3.00. The molecule has 7 heteroatoms. The van der Waals surface area contributed by atoms with Crippen molar-refractivity contribution >= 4 is 18.3 Å². The van der Waals surface area contributed by atoms with Crippen LogP contribution >= 0.6 is 12.4 Å². The Hall–Kier alpha value is -1.40. The van der Waals surface area contributed by atoms with Crippen LogP contribution in [0.25, 0.3) is 0 Å². The van der Waals surface area contributed by atoms with Gasteiger partial charge in [-0.05, 0) is 36.8 Å². The van der Waals surface area contributed by atoms with Gasteiger partial charge in [0, 0.05) is 25.2 Å². The second-order valence-corrected chi connectivity index (χ2v) is 5.83. The number of nitrogens with two attached hydrogens (primary N) is 1. The molecule has 3 atom stereocenters. The molecule has 22 heavy (non-hydrogen) atoms. The predicted molar refractivity (Wildman–Crippen MR) is 79.9 cm³/mol. The Morgan fingerprint density at radius 3 is 2.77 bits per heavy atom. The van der Waals surface area contributed by atoms with Crippen LogP contribution in [0.3, 0.4) is 0 Å². The van der Waals surface area contributed by atoms with Crippen molar-refractivity contribution in [2.24, 2.45) is 17.6 Å². The third-order valence-electron chi connectivity index (χ3n) is 4.51. The summed E-state index contributed by atoms with van der Waals surface area (Å²) < 4.78 is 31.3. The number of halogens is 3. The van der Waals surface area contributed by atoms with Crippen molar-refractivity contribution in [3.05, 3.63) is 29.8 Å². The molecule has 0 radical (unpaired) electrons. The molecule has 2 N–H and O–H groups in total. The van der Waals surface area contributed by atoms with Crippen molar-refractivity contribution in [1.82, 2.24) is 4.90 Å². The zero-order valence-electron chi connectivity index (χ0n) is 12.0. The number of likely N-dealkylation sites (tertiary alicyclic amines) is 1. The lowest BCUT2D eigenvalue weighted by Gasteiger charge is -2.19. The van der Waals surface area contributed by atoms with E-state index in [0.29, 0.717) is 24.9 Å². The minimum Gasteiger partial charge on any atom is -0.481 e. The number of nitrogens with zero attached hydrogens (tertiary/aromatic N) is 1. The molecular formula is C15H19ClF2N2O2. The fourth-order valence-electron chi connectivity index (χ4n) is 3.33. The highest BCUT2D eigenvalue weighted by molar-refractivity contribution is 5.85. The van der Waals surface area contributed by atoms with Gasteiger partial charge in [-0.15, -0.1) is 12.4 Å². The van der Waals surface area contributed by atoms with Crippen LogP contribution in [-0.2, 0) is 4.79 Å². The van der Waals surface area contributed by atoms with Crippen molar-refractivity contribution in [2.75, 3.05) is 19.7 Å². The number of fused-ring (bicyclic) bond motifs is 1. The Morgan fingerprint density at radius 2 is 2.09 bits per heavy atom. The number of hydrogen-bond acceptors (Lipinski definition) is 3. The number of rotatable bonds is 3. The largest absolute Gasteiger partial charge is 0.481 e. The summed E-state index contributed by atoms with van der Waals surface area (Å²) in [6, 6.07) is 3.19. The lowest BCUT2D eigenvalue weighted by molar-refractivity contribution is -0.132. The Morgan fingerprint density at radius 1 is 1.32 bits per heavy atom. The molecule has 2 fully saturated rings. The van der Waals surface area contributed by atoms with E-state index in [9.17, 15) is 13.6 Å². The second kappa shape index (κ2) is 6.79. The van der Waals surface area contributed by atoms with Gasteiger partial charge in [0.25, 0.3) is 5.91 Å². The number of hydrogen-bond donors (Lipinski definition) is 1. The van der Waals surface area contributed by atoms with Gasteiger partial charge in [-0.25, -0.2) is 8.78 Å². The van der Waals surface area contributed by atoms with E-state index in [-0.39, 0.29) is 36.7 Å². The SMILES string of the molecule is Cl.NC1CCC2CN(C(=O)COc3ccc(F)cc3F)CC12. The predicted octanol–water partition coefficient (Wildman–Crippen LogP) is 1.96. The fraction of sp³-hybridized carbons (Fsp3) is 0.533. The summed E-state index contributed by atoms with van der Waals surface area (Å²) in [5, 5.41) is 0. The zero-order valence-corrected chi connectivity index (χ0v) is 12.8. The molecule has 1 heterocycles. The molecular weight excluding hydrogens is 314 g/mol. The molecule has 3 rings (SSSR count). The summed E-state index contributed by atoms with van der Waals surface area (Å²) in [6.07, 6.45) is 2.08. The number of amides is 1. The Labute approximate surface area is 134 Å². The number of benzene rings is 1. The fourth-order valence-corrected chi connectivity index (χ4v) is 3.33. The van der Waals surface area contributed by atoms with E-state index < -0.39 is 11.6 Å². The highest BCUT2D eigenvalue weighted by Crippen LogP contribution is 2.37. The van der Waals surface area contributed by atoms with Gasteiger partial charge >= 0.3 is 0 Å². The second-order valence-electron chi connectivity index (χ2n) is 5.83. The molecule has 1 aliphatic heterocycles. The maximum absolute atomic E-state index is 13.4. The number of carbonyl (C=O) groups excluding carboxylic acids is 1. The molecule has 0 bridgehead atoms. The summed E-state index contributed by atoms with van der Waals surface area (Å²) in [4.78, 5) is 13.8. The van der Waals surface area contributed by atoms with Crippen LogP contribution in [0.5, 0.6) is 5.75 Å². The highest BCUT2D eigenvalue weighted by atomic mass is 35.5. The zero-order chi connectivity index (χ0) is 15.0. The molecule has 1 saturated carbocycles. The van der Waals surface area contributed by atoms with E-state index in [4.69, 9.17) is 10.5 Å². The first-order valence-corrected chi connectivity index (χ1v) is 7.16. The van der Waals surface area contributed by atoms with E-state index in [0.717, 1.165) is 25.0 Å². The molecule has 1 aromatic rings. The first kappa shape index (κ1) is 17.0. The Kier molecular flexibility index (Phi) is 5.24. The van der Waals surface area contributed by atoms with Gasteiger partial charge in [0.05, 0.1) is 0 Å². The first-order valence-electron chi connectivity index (χ1n) is 7.16. The highest BCUT2D eigenvalue weighted by Gasteiger charge is 2.42. The monoisotopic (exact) mass is 332 g/mol. The maximum Gasteiger partial charge on any atom is 0.260 e. The minimum absolute atomic E-state index is 0. The number of ether oxygens (including phenoxy) is 1. The molecule has 0 spiro atoms. The van der Waals surface area contributed by atoms with E-state index in [1.54, 1.807) is 4.90 Å². The smallest absolute Gasteiger partial charge is 0.260 e. The summed E-state index contributed by atoms with van der Waals surface area (Å²) in [5.74, 6) is -0.917. The third-order valence-corrected chi connectivity index (χ3v) is 4.51. The molecule has 3 unspecified atom stereocenters. The van der Waals surface area contributed by atoms with Gasteiger partial charge in [0.1, 0.15) is 5.82 Å². The van der Waals surface area contributed by atoms with Crippen LogP contribution in [0.2, 0.25) is 0 Å². The molecule has 1 amide bonds. The molecule has 122 valence electrons. The minimum atomic E-state index is -0.803. The van der Waals surface area contributed by atoms with Gasteiger partial charge in [-0.2, -0.15) is 0 Å². The van der Waals surface area contributed by atoms with Crippen molar-refractivity contribution in [1.29, 1.82) is 0 Å². The topological polar surface area (TPSA) is 55.6 Å². The van der Waals surface area contributed by atoms with Crippen molar-refractivity contribution in [3.63, 3.8) is 0 Å².